The summed E-state index contributed by atoms with van der Waals surface area (Å²) in [6.07, 6.45) is 3.25. The molecule has 1 aliphatic rings. The standard InChI is InChI=1S/C19H22N2S2/c1-14-6-8-15(9-7-14)16-10-11-21(13-16)19(22)20-17-4-3-5-18(12-17)23-2/h3-9,12,16H,10-11,13H2,1-2H3,(H,20,22). The molecule has 1 aliphatic heterocycles. The molecule has 2 aromatic rings. The van der Waals surface area contributed by atoms with Gasteiger partial charge in [-0.25, -0.2) is 0 Å². The van der Waals surface area contributed by atoms with E-state index in [2.05, 4.69) is 71.9 Å². The smallest absolute Gasteiger partial charge is 0.173 e. The zero-order valence-electron chi connectivity index (χ0n) is 13.6. The predicted octanol–water partition coefficient (Wildman–Crippen LogP) is 4.90. The molecule has 0 saturated carbocycles. The Morgan fingerprint density at radius 2 is 2.00 bits per heavy atom. The van der Waals surface area contributed by atoms with Crippen LogP contribution in [-0.2, 0) is 0 Å². The number of benzene rings is 2. The summed E-state index contributed by atoms with van der Waals surface area (Å²) in [6.45, 7) is 4.15. The number of likely N-dealkylation sites (tertiary alicyclic amines) is 1. The first-order valence-electron chi connectivity index (χ1n) is 7.92. The first-order valence-corrected chi connectivity index (χ1v) is 9.55. The molecule has 0 aliphatic carbocycles. The van der Waals surface area contributed by atoms with Crippen LogP contribution in [0, 0.1) is 6.92 Å². The van der Waals surface area contributed by atoms with Crippen LogP contribution in [0.4, 0.5) is 5.69 Å². The van der Waals surface area contributed by atoms with E-state index < -0.39 is 0 Å². The Labute approximate surface area is 148 Å². The average Bonchev–Trinajstić information content (AvgIpc) is 3.06. The molecule has 0 spiro atoms. The predicted molar refractivity (Wildman–Crippen MR) is 105 cm³/mol. The Morgan fingerprint density at radius 1 is 1.22 bits per heavy atom. The molecule has 1 unspecified atom stereocenters. The molecule has 23 heavy (non-hydrogen) atoms. The molecule has 0 amide bonds. The molecule has 1 heterocycles. The maximum Gasteiger partial charge on any atom is 0.173 e. The Kier molecular flexibility index (Phi) is 5.23. The number of anilines is 1. The first-order chi connectivity index (χ1) is 11.2. The molecule has 0 aromatic heterocycles. The summed E-state index contributed by atoms with van der Waals surface area (Å²) in [5, 5.41) is 4.22. The van der Waals surface area contributed by atoms with Gasteiger partial charge in [0, 0.05) is 29.6 Å². The fraction of sp³-hybridized carbons (Fsp3) is 0.316. The molecule has 120 valence electrons. The van der Waals surface area contributed by atoms with Crippen molar-refractivity contribution in [3.63, 3.8) is 0 Å². The highest BCUT2D eigenvalue weighted by molar-refractivity contribution is 7.98. The highest BCUT2D eigenvalue weighted by Gasteiger charge is 2.25. The molecule has 4 heteroatoms. The van der Waals surface area contributed by atoms with Gasteiger partial charge < -0.3 is 10.2 Å². The van der Waals surface area contributed by atoms with Gasteiger partial charge in [-0.05, 0) is 55.6 Å². The lowest BCUT2D eigenvalue weighted by Crippen LogP contribution is -2.32. The monoisotopic (exact) mass is 342 g/mol. The maximum atomic E-state index is 5.61. The highest BCUT2D eigenvalue weighted by atomic mass is 32.2. The molecule has 1 atom stereocenters. The normalized spacial score (nSPS) is 17.3. The zero-order chi connectivity index (χ0) is 16.2. The van der Waals surface area contributed by atoms with Crippen molar-refractivity contribution < 1.29 is 0 Å². The van der Waals surface area contributed by atoms with Crippen LogP contribution in [0.3, 0.4) is 0 Å². The Morgan fingerprint density at radius 3 is 2.74 bits per heavy atom. The third-order valence-corrected chi connectivity index (χ3v) is 5.43. The minimum atomic E-state index is 0.577. The zero-order valence-corrected chi connectivity index (χ0v) is 15.2. The van der Waals surface area contributed by atoms with Crippen molar-refractivity contribution in [2.24, 2.45) is 0 Å². The van der Waals surface area contributed by atoms with Gasteiger partial charge in [0.25, 0.3) is 0 Å². The third kappa shape index (κ3) is 4.06. The fourth-order valence-electron chi connectivity index (χ4n) is 2.96. The second kappa shape index (κ2) is 7.37. The first kappa shape index (κ1) is 16.3. The van der Waals surface area contributed by atoms with E-state index in [1.165, 1.54) is 16.0 Å². The lowest BCUT2D eigenvalue weighted by atomic mass is 9.98. The Bertz CT molecular complexity index is 682. The lowest BCUT2D eigenvalue weighted by molar-refractivity contribution is 0.518. The second-order valence-electron chi connectivity index (χ2n) is 6.00. The molecule has 2 nitrogen and oxygen atoms in total. The topological polar surface area (TPSA) is 15.3 Å². The summed E-state index contributed by atoms with van der Waals surface area (Å²) in [5.74, 6) is 0.577. The van der Waals surface area contributed by atoms with Crippen LogP contribution < -0.4 is 5.32 Å². The van der Waals surface area contributed by atoms with Gasteiger partial charge in [0.1, 0.15) is 0 Å². The Balaban J connectivity index is 1.61. The molecule has 0 radical (unpaired) electrons. The van der Waals surface area contributed by atoms with Crippen molar-refractivity contribution in [3.05, 3.63) is 59.7 Å². The molecule has 2 aromatic carbocycles. The summed E-state index contributed by atoms with van der Waals surface area (Å²) in [7, 11) is 0. The molecule has 1 fully saturated rings. The lowest BCUT2D eigenvalue weighted by Gasteiger charge is -2.21. The van der Waals surface area contributed by atoms with Crippen molar-refractivity contribution in [3.8, 4) is 0 Å². The van der Waals surface area contributed by atoms with E-state index in [9.17, 15) is 0 Å². The van der Waals surface area contributed by atoms with Crippen LogP contribution in [0.25, 0.3) is 0 Å². The second-order valence-corrected chi connectivity index (χ2v) is 7.27. The number of nitrogens with one attached hydrogen (secondary N) is 1. The van der Waals surface area contributed by atoms with Gasteiger partial charge in [-0.2, -0.15) is 0 Å². The third-order valence-electron chi connectivity index (χ3n) is 4.35. The molecule has 3 rings (SSSR count). The van der Waals surface area contributed by atoms with Crippen molar-refractivity contribution in [1.82, 2.24) is 4.90 Å². The summed E-state index contributed by atoms with van der Waals surface area (Å²) in [4.78, 5) is 3.53. The average molecular weight is 343 g/mol. The summed E-state index contributed by atoms with van der Waals surface area (Å²) in [6, 6.07) is 17.3. The minimum Gasteiger partial charge on any atom is -0.348 e. The fourth-order valence-corrected chi connectivity index (χ4v) is 3.70. The van der Waals surface area contributed by atoms with E-state index in [-0.39, 0.29) is 0 Å². The maximum absolute atomic E-state index is 5.61. The van der Waals surface area contributed by atoms with Crippen LogP contribution in [0.15, 0.2) is 53.4 Å². The van der Waals surface area contributed by atoms with Gasteiger partial charge in [0.2, 0.25) is 0 Å². The van der Waals surface area contributed by atoms with Crippen molar-refractivity contribution >= 4 is 34.8 Å². The van der Waals surface area contributed by atoms with Crippen LogP contribution in [0.1, 0.15) is 23.5 Å². The van der Waals surface area contributed by atoms with E-state index in [1.54, 1.807) is 11.8 Å². The van der Waals surface area contributed by atoms with Gasteiger partial charge in [0.15, 0.2) is 5.11 Å². The van der Waals surface area contributed by atoms with E-state index in [4.69, 9.17) is 12.2 Å². The Hall–Kier alpha value is -1.52. The SMILES string of the molecule is CSc1cccc(NC(=S)N2CCC(c3ccc(C)cc3)C2)c1. The number of hydrogen-bond acceptors (Lipinski definition) is 2. The molecular weight excluding hydrogens is 320 g/mol. The molecule has 1 saturated heterocycles. The minimum absolute atomic E-state index is 0.577. The van der Waals surface area contributed by atoms with Gasteiger partial charge in [0.05, 0.1) is 0 Å². The van der Waals surface area contributed by atoms with E-state index in [1.807, 2.05) is 0 Å². The number of nitrogens with zero attached hydrogens (tertiary/aromatic N) is 1. The summed E-state index contributed by atoms with van der Waals surface area (Å²) < 4.78 is 0. The van der Waals surface area contributed by atoms with E-state index in [0.717, 1.165) is 30.3 Å². The summed E-state index contributed by atoms with van der Waals surface area (Å²) >= 11 is 7.35. The quantitative estimate of drug-likeness (QED) is 0.630. The van der Waals surface area contributed by atoms with Crippen LogP contribution in [0.2, 0.25) is 0 Å². The highest BCUT2D eigenvalue weighted by Crippen LogP contribution is 2.28. The number of thiocarbonyl (C=S) groups is 1. The van der Waals surface area contributed by atoms with Gasteiger partial charge in [-0.1, -0.05) is 35.9 Å². The van der Waals surface area contributed by atoms with Crippen molar-refractivity contribution in [1.29, 1.82) is 0 Å². The number of thioether (sulfide) groups is 1. The van der Waals surface area contributed by atoms with Gasteiger partial charge in [-0.3, -0.25) is 0 Å². The van der Waals surface area contributed by atoms with Gasteiger partial charge in [-0.15, -0.1) is 11.8 Å². The largest absolute Gasteiger partial charge is 0.348 e. The van der Waals surface area contributed by atoms with Crippen molar-refractivity contribution in [2.75, 3.05) is 24.7 Å². The van der Waals surface area contributed by atoms with Crippen LogP contribution in [-0.4, -0.2) is 29.4 Å². The summed E-state index contributed by atoms with van der Waals surface area (Å²) in [5.41, 5.74) is 3.81. The van der Waals surface area contributed by atoms with Crippen LogP contribution in [0.5, 0.6) is 0 Å². The van der Waals surface area contributed by atoms with Crippen LogP contribution >= 0.6 is 24.0 Å². The molecule has 0 bridgehead atoms. The number of aryl methyl sites for hydroxylation is 1. The van der Waals surface area contributed by atoms with E-state index in [0.29, 0.717) is 5.92 Å². The number of hydrogen-bond donors (Lipinski definition) is 1. The number of rotatable bonds is 3. The van der Waals surface area contributed by atoms with Crippen molar-refractivity contribution in [2.45, 2.75) is 24.2 Å². The molecule has 1 N–H and O–H groups in total. The molecular formula is C19H22N2S2. The van der Waals surface area contributed by atoms with E-state index >= 15 is 0 Å². The van der Waals surface area contributed by atoms with Gasteiger partial charge >= 0.3 is 0 Å².